The summed E-state index contributed by atoms with van der Waals surface area (Å²) in [6.07, 6.45) is 2.55. The first-order chi connectivity index (χ1) is 15.4. The predicted octanol–water partition coefficient (Wildman–Crippen LogP) is 1.48. The molecule has 2 fully saturated rings. The molecule has 1 aromatic carbocycles. The number of nitrogens with zero attached hydrogens (tertiary/aromatic N) is 6. The molecule has 2 aliphatic rings. The Hall–Kier alpha value is -3.25. The van der Waals surface area contributed by atoms with Crippen molar-refractivity contribution in [3.63, 3.8) is 0 Å². The van der Waals surface area contributed by atoms with E-state index in [0.29, 0.717) is 30.6 Å². The highest BCUT2D eigenvalue weighted by Gasteiger charge is 2.46. The van der Waals surface area contributed by atoms with Gasteiger partial charge in [-0.1, -0.05) is 6.07 Å². The topological polar surface area (TPSA) is 142 Å². The average molecular weight is 451 g/mol. The van der Waals surface area contributed by atoms with E-state index >= 15 is 0 Å². The summed E-state index contributed by atoms with van der Waals surface area (Å²) < 4.78 is 28.1. The van der Waals surface area contributed by atoms with Crippen molar-refractivity contribution in [2.24, 2.45) is 0 Å². The second-order valence-electron chi connectivity index (χ2n) is 8.48. The van der Waals surface area contributed by atoms with Crippen molar-refractivity contribution in [2.75, 3.05) is 31.1 Å². The Morgan fingerprint density at radius 2 is 2.09 bits per heavy atom. The van der Waals surface area contributed by atoms with Gasteiger partial charge >= 0.3 is 0 Å². The minimum atomic E-state index is -3.82. The molecule has 3 aromatic rings. The minimum absolute atomic E-state index is 0.103. The fourth-order valence-corrected chi connectivity index (χ4v) is 5.69. The molecule has 1 saturated carbocycles. The summed E-state index contributed by atoms with van der Waals surface area (Å²) in [6, 6.07) is 9.36. The molecule has 2 aromatic heterocycles. The number of sulfonamides is 1. The van der Waals surface area contributed by atoms with Crippen LogP contribution in [0.15, 0.2) is 29.4 Å². The van der Waals surface area contributed by atoms with E-state index in [2.05, 4.69) is 48.5 Å². The molecular weight excluding hydrogens is 428 g/mol. The van der Waals surface area contributed by atoms with Crippen molar-refractivity contribution in [3.05, 3.63) is 24.5 Å². The number of fused-ring (bicyclic) bond motifs is 3. The van der Waals surface area contributed by atoms with Crippen molar-refractivity contribution in [3.8, 4) is 12.1 Å². The zero-order chi connectivity index (χ0) is 22.5. The van der Waals surface area contributed by atoms with Crippen molar-refractivity contribution >= 4 is 37.8 Å². The van der Waals surface area contributed by atoms with Crippen LogP contribution < -0.4 is 9.62 Å². The summed E-state index contributed by atoms with van der Waals surface area (Å²) in [5.41, 5.74) is 0.301. The van der Waals surface area contributed by atoms with Crippen LogP contribution in [0.4, 0.5) is 5.82 Å². The summed E-state index contributed by atoms with van der Waals surface area (Å²) in [5.74, 6) is 0.792. The molecule has 5 rings (SSSR count). The predicted molar refractivity (Wildman–Crippen MR) is 118 cm³/mol. The maximum atomic E-state index is 12.8. The van der Waals surface area contributed by atoms with Crippen LogP contribution in [-0.4, -0.2) is 66.0 Å². The van der Waals surface area contributed by atoms with Crippen LogP contribution in [-0.2, 0) is 10.0 Å². The van der Waals surface area contributed by atoms with Gasteiger partial charge in [-0.2, -0.15) is 15.2 Å². The van der Waals surface area contributed by atoms with Crippen LogP contribution in [0.1, 0.15) is 19.8 Å². The second-order valence-corrected chi connectivity index (χ2v) is 10.2. The number of aromatic nitrogens is 3. The third-order valence-corrected chi connectivity index (χ3v) is 7.82. The highest BCUT2D eigenvalue weighted by Crippen LogP contribution is 2.37. The monoisotopic (exact) mass is 450 g/mol. The Kier molecular flexibility index (Phi) is 4.78. The second kappa shape index (κ2) is 7.41. The van der Waals surface area contributed by atoms with Gasteiger partial charge in [0.1, 0.15) is 23.3 Å². The lowest BCUT2D eigenvalue weighted by Crippen LogP contribution is -2.52. The van der Waals surface area contributed by atoms with Crippen molar-refractivity contribution in [1.29, 1.82) is 10.5 Å². The van der Waals surface area contributed by atoms with E-state index in [1.807, 2.05) is 0 Å². The molecule has 32 heavy (non-hydrogen) atoms. The van der Waals surface area contributed by atoms with Crippen molar-refractivity contribution in [2.45, 2.75) is 36.2 Å². The highest BCUT2D eigenvalue weighted by atomic mass is 32.2. The zero-order valence-electron chi connectivity index (χ0n) is 17.5. The van der Waals surface area contributed by atoms with E-state index in [4.69, 9.17) is 5.26 Å². The molecule has 0 unspecified atom stereocenters. The lowest BCUT2D eigenvalue weighted by atomic mass is 10.1. The van der Waals surface area contributed by atoms with E-state index in [-0.39, 0.29) is 10.9 Å². The van der Waals surface area contributed by atoms with Gasteiger partial charge in [-0.15, -0.1) is 0 Å². The molecule has 0 amide bonds. The smallest absolute Gasteiger partial charge is 0.242 e. The zero-order valence-corrected chi connectivity index (χ0v) is 18.4. The number of hydrogen-bond acceptors (Lipinski definition) is 8. The van der Waals surface area contributed by atoms with Crippen LogP contribution in [0.3, 0.4) is 0 Å². The van der Waals surface area contributed by atoms with E-state index in [9.17, 15) is 13.7 Å². The van der Waals surface area contributed by atoms with Crippen LogP contribution in [0.5, 0.6) is 0 Å². The molecular formula is C21H22N8O2S. The van der Waals surface area contributed by atoms with Gasteiger partial charge in [-0.3, -0.25) is 4.90 Å². The molecule has 10 nitrogen and oxygen atoms in total. The van der Waals surface area contributed by atoms with Gasteiger partial charge in [0.05, 0.1) is 29.0 Å². The van der Waals surface area contributed by atoms with Crippen molar-refractivity contribution in [1.82, 2.24) is 24.6 Å². The molecule has 1 aliphatic heterocycles. The number of nitriles is 2. The van der Waals surface area contributed by atoms with Gasteiger partial charge in [0.2, 0.25) is 10.0 Å². The third-order valence-electron chi connectivity index (χ3n) is 6.28. The maximum Gasteiger partial charge on any atom is 0.242 e. The molecule has 2 N–H and O–H groups in total. The van der Waals surface area contributed by atoms with Crippen LogP contribution in [0, 0.1) is 22.7 Å². The fraction of sp³-hybridized carbons (Fsp3) is 0.429. The van der Waals surface area contributed by atoms with Crippen molar-refractivity contribution < 1.29 is 8.42 Å². The first-order valence-corrected chi connectivity index (χ1v) is 11.9. The van der Waals surface area contributed by atoms with Crippen LogP contribution >= 0.6 is 0 Å². The Morgan fingerprint density at radius 1 is 1.28 bits per heavy atom. The normalized spacial score (nSPS) is 20.8. The number of hydrogen-bond donors (Lipinski definition) is 2. The highest BCUT2D eigenvalue weighted by molar-refractivity contribution is 7.89. The van der Waals surface area contributed by atoms with Gasteiger partial charge in [0.15, 0.2) is 0 Å². The molecule has 1 aliphatic carbocycles. The summed E-state index contributed by atoms with van der Waals surface area (Å²) in [4.78, 5) is 16.5. The molecule has 1 saturated heterocycles. The number of piperazine rings is 1. The van der Waals surface area contributed by atoms with E-state index in [0.717, 1.165) is 36.2 Å². The van der Waals surface area contributed by atoms with E-state index in [1.54, 1.807) is 18.2 Å². The number of aromatic amines is 1. The Bertz CT molecular complexity index is 1400. The molecule has 0 radical (unpaired) electrons. The summed E-state index contributed by atoms with van der Waals surface area (Å²) in [7, 11) is -3.82. The summed E-state index contributed by atoms with van der Waals surface area (Å²) in [6.45, 7) is 4.72. The first kappa shape index (κ1) is 20.6. The molecule has 0 spiro atoms. The minimum Gasteiger partial charge on any atom is -0.353 e. The molecule has 164 valence electrons. The van der Waals surface area contributed by atoms with Gasteiger partial charge in [0, 0.05) is 36.6 Å². The van der Waals surface area contributed by atoms with Crippen LogP contribution in [0.2, 0.25) is 0 Å². The molecule has 0 bridgehead atoms. The third kappa shape index (κ3) is 3.45. The van der Waals surface area contributed by atoms with E-state index < -0.39 is 15.6 Å². The number of H-pyrrole nitrogens is 1. The molecule has 1 atom stereocenters. The first-order valence-electron chi connectivity index (χ1n) is 10.4. The Balaban J connectivity index is 1.52. The number of rotatable bonds is 5. The lowest BCUT2D eigenvalue weighted by Gasteiger charge is -2.39. The van der Waals surface area contributed by atoms with Gasteiger partial charge in [-0.25, -0.2) is 18.4 Å². The summed E-state index contributed by atoms with van der Waals surface area (Å²) >= 11 is 0. The van der Waals surface area contributed by atoms with Crippen LogP contribution in [0.25, 0.3) is 21.9 Å². The fourth-order valence-electron chi connectivity index (χ4n) is 4.29. The molecule has 11 heteroatoms. The largest absolute Gasteiger partial charge is 0.353 e. The number of benzene rings is 1. The molecule has 3 heterocycles. The van der Waals surface area contributed by atoms with Gasteiger partial charge in [0.25, 0.3) is 0 Å². The maximum absolute atomic E-state index is 12.8. The number of anilines is 1. The standard InChI is InChI=1S/C21H22N8O2S/c1-14-11-29(9-8-28(14)7-6-22)20-18-16-3-2-15(10-17(16)26-19(18)24-13-25-20)32(30,31)27-21(12-23)4-5-21/h2-3,10,13-14,27H,4-5,7-9,11H2,1H3,(H,24,25,26)/t14-/m0/s1. The van der Waals surface area contributed by atoms with E-state index in [1.165, 1.54) is 6.33 Å². The quantitative estimate of drug-likeness (QED) is 0.557. The SMILES string of the molecule is C[C@H]1CN(c2ncnc3[nH]c4cc(S(=O)(=O)NC5(C#N)CC5)ccc4c23)CCN1CC#N. The number of nitrogens with one attached hydrogen (secondary N) is 2. The summed E-state index contributed by atoms with van der Waals surface area (Å²) in [5, 5.41) is 19.9. The van der Waals surface area contributed by atoms with Gasteiger partial charge in [-0.05, 0) is 31.9 Å². The lowest BCUT2D eigenvalue weighted by molar-refractivity contribution is 0.212. The Morgan fingerprint density at radius 3 is 2.78 bits per heavy atom. The average Bonchev–Trinajstić information content (AvgIpc) is 3.44. The Labute approximate surface area is 185 Å². The van der Waals surface area contributed by atoms with Gasteiger partial charge < -0.3 is 9.88 Å².